The largest absolute Gasteiger partial charge is 0.481 e. The topological polar surface area (TPSA) is 219 Å². The van der Waals surface area contributed by atoms with Crippen molar-refractivity contribution >= 4 is 18.2 Å². The number of carbonyl (C=O) groups excluding carboxylic acids is 1. The number of carboxylic acids is 2. The molecule has 0 aliphatic carbocycles. The molecule has 0 aromatic heterocycles. The maximum atomic E-state index is 9.99. The van der Waals surface area contributed by atoms with Crippen molar-refractivity contribution in [2.24, 2.45) is 5.73 Å². The lowest BCUT2D eigenvalue weighted by Gasteiger charge is -2.22. The first-order chi connectivity index (χ1) is 10.1. The zero-order valence-corrected chi connectivity index (χ0v) is 11.5. The fourth-order valence-corrected chi connectivity index (χ4v) is 1.02. The van der Waals surface area contributed by atoms with Gasteiger partial charge < -0.3 is 46.3 Å². The van der Waals surface area contributed by atoms with Gasteiger partial charge in [0.2, 0.25) is 0 Å². The van der Waals surface area contributed by atoms with E-state index >= 15 is 0 Å². The fraction of sp³-hybridized carbons (Fsp3) is 0.727. The van der Waals surface area contributed by atoms with Gasteiger partial charge in [-0.1, -0.05) is 0 Å². The van der Waals surface area contributed by atoms with E-state index in [2.05, 4.69) is 0 Å². The quantitative estimate of drug-likeness (QED) is 0.190. The first-order valence-electron chi connectivity index (χ1n) is 6.07. The molecule has 0 saturated heterocycles. The van der Waals surface area contributed by atoms with Crippen LogP contribution < -0.4 is 5.73 Å². The van der Waals surface area contributed by atoms with Crippen molar-refractivity contribution < 1.29 is 50.1 Å². The fourth-order valence-electron chi connectivity index (χ4n) is 1.02. The molecule has 0 amide bonds. The van der Waals surface area contributed by atoms with Crippen molar-refractivity contribution in [3.63, 3.8) is 0 Å². The summed E-state index contributed by atoms with van der Waals surface area (Å²) < 4.78 is 0. The Balaban J connectivity index is 0. The predicted octanol–water partition coefficient (Wildman–Crippen LogP) is -4.12. The second-order valence-corrected chi connectivity index (χ2v) is 4.23. The monoisotopic (exact) mass is 327 g/mol. The minimum Gasteiger partial charge on any atom is -0.481 e. The number of rotatable bonds is 9. The summed E-state index contributed by atoms with van der Waals surface area (Å²) in [7, 11) is 0. The number of aliphatic hydroxyl groups excluding tert-OH is 5. The summed E-state index contributed by atoms with van der Waals surface area (Å²) in [5.41, 5.74) is 5.00. The van der Waals surface area contributed by atoms with Gasteiger partial charge in [0.15, 0.2) is 6.29 Å². The van der Waals surface area contributed by atoms with Gasteiger partial charge in [0, 0.05) is 6.42 Å². The van der Waals surface area contributed by atoms with Gasteiger partial charge in [-0.15, -0.1) is 0 Å². The third-order valence-electron chi connectivity index (χ3n) is 2.41. The summed E-state index contributed by atoms with van der Waals surface area (Å²) >= 11 is 0. The van der Waals surface area contributed by atoms with Crippen LogP contribution in [0.25, 0.3) is 0 Å². The van der Waals surface area contributed by atoms with E-state index in [0.717, 1.165) is 0 Å². The van der Waals surface area contributed by atoms with Crippen LogP contribution >= 0.6 is 0 Å². The van der Waals surface area contributed by atoms with Crippen molar-refractivity contribution in [1.82, 2.24) is 0 Å². The maximum Gasteiger partial charge on any atom is 0.320 e. The Morgan fingerprint density at radius 2 is 1.55 bits per heavy atom. The van der Waals surface area contributed by atoms with Crippen LogP contribution in [0.15, 0.2) is 0 Å². The van der Waals surface area contributed by atoms with Gasteiger partial charge in [0.25, 0.3) is 0 Å². The molecule has 0 aliphatic rings. The highest BCUT2D eigenvalue weighted by Gasteiger charge is 2.29. The highest BCUT2D eigenvalue weighted by molar-refractivity contribution is 5.74. The minimum absolute atomic E-state index is 0.0231. The average Bonchev–Trinajstić information content (AvgIpc) is 2.49. The van der Waals surface area contributed by atoms with Gasteiger partial charge in [-0.25, -0.2) is 0 Å². The molecule has 9 N–H and O–H groups in total. The number of aliphatic hydroxyl groups is 5. The first kappa shape index (κ1) is 22.6. The molecule has 1 unspecified atom stereocenters. The number of aliphatic carboxylic acids is 2. The first-order valence-corrected chi connectivity index (χ1v) is 6.07. The Hall–Kier alpha value is -1.63. The Bertz CT molecular complexity index is 350. The smallest absolute Gasteiger partial charge is 0.320 e. The van der Waals surface area contributed by atoms with E-state index in [1.54, 1.807) is 0 Å². The molecule has 0 spiro atoms. The summed E-state index contributed by atoms with van der Waals surface area (Å²) in [5.74, 6) is -2.20. The SMILES string of the molecule is NC(CCC(=O)O)C(=O)O.O=C[C@H](O)[C@@H](O)[C@H](O)[C@H](O)CO. The number of hydrogen-bond donors (Lipinski definition) is 8. The maximum absolute atomic E-state index is 9.99. The second kappa shape index (κ2) is 12.0. The standard InChI is InChI=1S/C6H12O6.C5H9NO4/c7-1-3(9)5(11)6(12)4(10)2-8;6-3(5(9)10)1-2-4(7)8/h1,3-6,8-12H,2H2;3H,1-2,6H2,(H,7,8)(H,9,10)/t3-,4+,5+,6+;/m0./s1. The Morgan fingerprint density at radius 3 is 1.86 bits per heavy atom. The predicted molar refractivity (Wildman–Crippen MR) is 69.7 cm³/mol. The molecule has 0 aromatic rings. The van der Waals surface area contributed by atoms with Gasteiger partial charge in [0.1, 0.15) is 30.5 Å². The van der Waals surface area contributed by atoms with Crippen molar-refractivity contribution in [2.45, 2.75) is 43.3 Å². The highest BCUT2D eigenvalue weighted by atomic mass is 16.4. The molecule has 11 heteroatoms. The van der Waals surface area contributed by atoms with Gasteiger partial charge in [-0.3, -0.25) is 9.59 Å². The minimum atomic E-state index is -1.79. The van der Waals surface area contributed by atoms with Crippen molar-refractivity contribution in [3.8, 4) is 0 Å². The number of hydrogen-bond acceptors (Lipinski definition) is 9. The summed E-state index contributed by atoms with van der Waals surface area (Å²) in [6, 6.07) is -1.06. The molecular weight excluding hydrogens is 306 g/mol. The zero-order valence-electron chi connectivity index (χ0n) is 11.5. The third kappa shape index (κ3) is 10.1. The number of carbonyl (C=O) groups is 3. The van der Waals surface area contributed by atoms with Crippen LogP contribution in [0, 0.1) is 0 Å². The van der Waals surface area contributed by atoms with E-state index in [4.69, 9.17) is 41.5 Å². The van der Waals surface area contributed by atoms with E-state index in [1.807, 2.05) is 0 Å². The lowest BCUT2D eigenvalue weighted by atomic mass is 10.0. The molecule has 5 atom stereocenters. The molecule has 0 bridgehead atoms. The number of nitrogens with two attached hydrogens (primary N) is 1. The van der Waals surface area contributed by atoms with Crippen molar-refractivity contribution in [3.05, 3.63) is 0 Å². The van der Waals surface area contributed by atoms with Crippen molar-refractivity contribution in [2.75, 3.05) is 6.61 Å². The third-order valence-corrected chi connectivity index (χ3v) is 2.41. The molecule has 0 heterocycles. The lowest BCUT2D eigenvalue weighted by Crippen LogP contribution is -2.46. The Labute approximate surface area is 125 Å². The molecule has 0 radical (unpaired) electrons. The molecule has 0 fully saturated rings. The highest BCUT2D eigenvalue weighted by Crippen LogP contribution is 2.02. The zero-order chi connectivity index (χ0) is 17.9. The Kier molecular flexibility index (Phi) is 12.3. The molecule has 0 saturated carbocycles. The van der Waals surface area contributed by atoms with Crippen LogP contribution in [-0.2, 0) is 14.4 Å². The van der Waals surface area contributed by atoms with Crippen LogP contribution in [-0.4, -0.2) is 91.0 Å². The van der Waals surface area contributed by atoms with E-state index in [9.17, 15) is 14.4 Å². The van der Waals surface area contributed by atoms with Crippen LogP contribution in [0.5, 0.6) is 0 Å². The molecule has 130 valence electrons. The van der Waals surface area contributed by atoms with Gasteiger partial charge >= 0.3 is 11.9 Å². The van der Waals surface area contributed by atoms with E-state index in [-0.39, 0.29) is 19.1 Å². The van der Waals surface area contributed by atoms with Gasteiger partial charge in [-0.2, -0.15) is 0 Å². The second-order valence-electron chi connectivity index (χ2n) is 4.23. The van der Waals surface area contributed by atoms with Crippen LogP contribution in [0.3, 0.4) is 0 Å². The van der Waals surface area contributed by atoms with Crippen molar-refractivity contribution in [1.29, 1.82) is 0 Å². The molecule has 0 aromatic carbocycles. The lowest BCUT2D eigenvalue weighted by molar-refractivity contribution is -0.140. The molecule has 22 heavy (non-hydrogen) atoms. The molecule has 11 nitrogen and oxygen atoms in total. The summed E-state index contributed by atoms with van der Waals surface area (Å²) in [6.45, 7) is -0.760. The number of aldehydes is 1. The van der Waals surface area contributed by atoms with Crippen LogP contribution in [0.2, 0.25) is 0 Å². The normalized spacial score (nSPS) is 17.2. The molecular formula is C11H21NO10. The summed E-state index contributed by atoms with van der Waals surface area (Å²) in [5, 5.41) is 59.8. The Morgan fingerprint density at radius 1 is 1.05 bits per heavy atom. The van der Waals surface area contributed by atoms with Gasteiger partial charge in [-0.05, 0) is 6.42 Å². The van der Waals surface area contributed by atoms with E-state index in [1.165, 1.54) is 0 Å². The van der Waals surface area contributed by atoms with Crippen LogP contribution in [0.1, 0.15) is 12.8 Å². The van der Waals surface area contributed by atoms with E-state index in [0.29, 0.717) is 0 Å². The number of carboxylic acid groups (broad SMARTS) is 2. The average molecular weight is 327 g/mol. The summed E-state index contributed by atoms with van der Waals surface area (Å²) in [6.07, 6.45) is -7.06. The summed E-state index contributed by atoms with van der Waals surface area (Å²) in [4.78, 5) is 29.8. The molecule has 0 aliphatic heterocycles. The molecule has 0 rings (SSSR count). The van der Waals surface area contributed by atoms with Gasteiger partial charge in [0.05, 0.1) is 6.61 Å². The van der Waals surface area contributed by atoms with E-state index < -0.39 is 49.0 Å². The van der Waals surface area contributed by atoms with Crippen LogP contribution in [0.4, 0.5) is 0 Å².